The van der Waals surface area contributed by atoms with E-state index in [4.69, 9.17) is 4.74 Å². The maximum atomic E-state index is 12.1. The van der Waals surface area contributed by atoms with Crippen LogP contribution in [0.2, 0.25) is 0 Å². The molecule has 98 valence electrons. The SMILES string of the molecule is C=C(C)CC1CCCCN1C(=O)OC(C)(C)C. The molecule has 3 heteroatoms. The van der Waals surface area contributed by atoms with Crippen LogP contribution in [0.5, 0.6) is 0 Å². The molecule has 1 aliphatic rings. The van der Waals surface area contributed by atoms with Gasteiger partial charge in [-0.15, -0.1) is 6.58 Å². The van der Waals surface area contributed by atoms with Crippen LogP contribution in [0.3, 0.4) is 0 Å². The zero-order valence-electron chi connectivity index (χ0n) is 11.6. The molecule has 0 radical (unpaired) electrons. The number of hydrogen-bond donors (Lipinski definition) is 0. The number of likely N-dealkylation sites (tertiary alicyclic amines) is 1. The standard InChI is InChI=1S/C14H25NO2/c1-11(2)10-12-8-6-7-9-15(12)13(16)17-14(3,4)5/h12H,1,6-10H2,2-5H3. The number of rotatable bonds is 2. The molecular formula is C14H25NO2. The molecule has 0 aromatic heterocycles. The van der Waals surface area contributed by atoms with Crippen molar-refractivity contribution in [1.29, 1.82) is 0 Å². The molecule has 1 atom stereocenters. The molecule has 0 aliphatic carbocycles. The van der Waals surface area contributed by atoms with Crippen molar-refractivity contribution in [1.82, 2.24) is 4.90 Å². The Bertz CT molecular complexity index is 291. The maximum Gasteiger partial charge on any atom is 0.410 e. The minimum atomic E-state index is -0.414. The largest absolute Gasteiger partial charge is 0.444 e. The smallest absolute Gasteiger partial charge is 0.410 e. The Hall–Kier alpha value is -0.990. The molecule has 1 fully saturated rings. The summed E-state index contributed by atoms with van der Waals surface area (Å²) in [4.78, 5) is 14.0. The normalized spacial score (nSPS) is 21.2. The second-order valence-electron chi connectivity index (χ2n) is 5.98. The van der Waals surface area contributed by atoms with E-state index in [1.165, 1.54) is 6.42 Å². The lowest BCUT2D eigenvalue weighted by molar-refractivity contribution is 0.00998. The number of piperidine rings is 1. The van der Waals surface area contributed by atoms with E-state index in [1.54, 1.807) is 0 Å². The summed E-state index contributed by atoms with van der Waals surface area (Å²) in [6, 6.07) is 0.274. The van der Waals surface area contributed by atoms with Gasteiger partial charge in [0, 0.05) is 12.6 Å². The van der Waals surface area contributed by atoms with Crippen LogP contribution in [-0.4, -0.2) is 29.2 Å². The molecule has 1 unspecified atom stereocenters. The highest BCUT2D eigenvalue weighted by Crippen LogP contribution is 2.24. The summed E-state index contributed by atoms with van der Waals surface area (Å²) in [7, 11) is 0. The Kier molecular flexibility index (Phi) is 4.61. The van der Waals surface area contributed by atoms with Crippen molar-refractivity contribution >= 4 is 6.09 Å². The number of ether oxygens (including phenoxy) is 1. The average molecular weight is 239 g/mol. The molecule has 1 heterocycles. The van der Waals surface area contributed by atoms with Crippen molar-refractivity contribution in [2.75, 3.05) is 6.54 Å². The van der Waals surface area contributed by atoms with Gasteiger partial charge in [-0.3, -0.25) is 0 Å². The number of carbonyl (C=O) groups is 1. The van der Waals surface area contributed by atoms with E-state index in [1.807, 2.05) is 32.6 Å². The van der Waals surface area contributed by atoms with E-state index in [9.17, 15) is 4.79 Å². The minimum Gasteiger partial charge on any atom is -0.444 e. The minimum absolute atomic E-state index is 0.177. The predicted molar refractivity (Wildman–Crippen MR) is 70.0 cm³/mol. The van der Waals surface area contributed by atoms with Crippen LogP contribution in [0.4, 0.5) is 4.79 Å². The zero-order valence-corrected chi connectivity index (χ0v) is 11.6. The Morgan fingerprint density at radius 1 is 1.41 bits per heavy atom. The molecule has 1 amide bonds. The van der Waals surface area contributed by atoms with E-state index in [0.29, 0.717) is 0 Å². The monoisotopic (exact) mass is 239 g/mol. The first kappa shape index (κ1) is 14.1. The van der Waals surface area contributed by atoms with Crippen LogP contribution in [0.1, 0.15) is 53.4 Å². The molecule has 0 bridgehead atoms. The summed E-state index contributed by atoms with van der Waals surface area (Å²) >= 11 is 0. The highest BCUT2D eigenvalue weighted by Gasteiger charge is 2.30. The van der Waals surface area contributed by atoms with E-state index in [-0.39, 0.29) is 12.1 Å². The second-order valence-corrected chi connectivity index (χ2v) is 5.98. The van der Waals surface area contributed by atoms with Crippen molar-refractivity contribution in [2.24, 2.45) is 0 Å². The third-order valence-corrected chi connectivity index (χ3v) is 2.84. The Morgan fingerprint density at radius 3 is 2.59 bits per heavy atom. The number of nitrogens with zero attached hydrogens (tertiary/aromatic N) is 1. The van der Waals surface area contributed by atoms with Crippen LogP contribution in [0.15, 0.2) is 12.2 Å². The van der Waals surface area contributed by atoms with Crippen molar-refractivity contribution in [3.05, 3.63) is 12.2 Å². The van der Waals surface area contributed by atoms with Gasteiger partial charge in [0.25, 0.3) is 0 Å². The van der Waals surface area contributed by atoms with Crippen LogP contribution in [0.25, 0.3) is 0 Å². The van der Waals surface area contributed by atoms with Gasteiger partial charge < -0.3 is 9.64 Å². The second kappa shape index (κ2) is 5.56. The molecule has 0 aromatic carbocycles. The highest BCUT2D eigenvalue weighted by molar-refractivity contribution is 5.68. The zero-order chi connectivity index (χ0) is 13.1. The molecule has 0 N–H and O–H groups in total. The predicted octanol–water partition coefficient (Wildman–Crippen LogP) is 3.74. The molecule has 0 aromatic rings. The lowest BCUT2D eigenvalue weighted by Gasteiger charge is -2.37. The topological polar surface area (TPSA) is 29.5 Å². The fourth-order valence-corrected chi connectivity index (χ4v) is 2.18. The van der Waals surface area contributed by atoms with Crippen LogP contribution >= 0.6 is 0 Å². The lowest BCUT2D eigenvalue weighted by atomic mass is 9.97. The Morgan fingerprint density at radius 2 is 2.06 bits per heavy atom. The van der Waals surface area contributed by atoms with Gasteiger partial charge in [0.1, 0.15) is 5.60 Å². The number of hydrogen-bond acceptors (Lipinski definition) is 2. The van der Waals surface area contributed by atoms with Gasteiger partial charge in [-0.1, -0.05) is 5.57 Å². The number of carbonyl (C=O) groups excluding carboxylic acids is 1. The molecule has 0 saturated carbocycles. The summed E-state index contributed by atoms with van der Waals surface area (Å²) in [6.45, 7) is 12.5. The Labute approximate surface area is 105 Å². The van der Waals surface area contributed by atoms with Crippen LogP contribution in [-0.2, 0) is 4.74 Å². The first-order valence-corrected chi connectivity index (χ1v) is 6.43. The summed E-state index contributed by atoms with van der Waals surface area (Å²) < 4.78 is 5.45. The first-order chi connectivity index (χ1) is 7.79. The molecule has 17 heavy (non-hydrogen) atoms. The van der Waals surface area contributed by atoms with Crippen molar-refractivity contribution < 1.29 is 9.53 Å². The summed E-state index contributed by atoms with van der Waals surface area (Å²) in [5, 5.41) is 0. The third kappa shape index (κ3) is 4.80. The van der Waals surface area contributed by atoms with E-state index in [2.05, 4.69) is 6.58 Å². The first-order valence-electron chi connectivity index (χ1n) is 6.43. The third-order valence-electron chi connectivity index (χ3n) is 2.84. The van der Waals surface area contributed by atoms with Crippen LogP contribution < -0.4 is 0 Å². The summed E-state index contributed by atoms with van der Waals surface area (Å²) in [5.74, 6) is 0. The van der Waals surface area contributed by atoms with Gasteiger partial charge in [-0.2, -0.15) is 0 Å². The highest BCUT2D eigenvalue weighted by atomic mass is 16.6. The van der Waals surface area contributed by atoms with Gasteiger partial charge >= 0.3 is 6.09 Å². The molecular weight excluding hydrogens is 214 g/mol. The van der Waals surface area contributed by atoms with E-state index >= 15 is 0 Å². The van der Waals surface area contributed by atoms with E-state index in [0.717, 1.165) is 31.4 Å². The Balaban J connectivity index is 2.64. The molecule has 1 aliphatic heterocycles. The molecule has 0 spiro atoms. The molecule has 3 nitrogen and oxygen atoms in total. The average Bonchev–Trinajstić information content (AvgIpc) is 2.14. The fourth-order valence-electron chi connectivity index (χ4n) is 2.18. The lowest BCUT2D eigenvalue weighted by Crippen LogP contribution is -2.46. The fraction of sp³-hybridized carbons (Fsp3) is 0.786. The van der Waals surface area contributed by atoms with E-state index < -0.39 is 5.60 Å². The van der Waals surface area contributed by atoms with Crippen LogP contribution in [0, 0.1) is 0 Å². The summed E-state index contributed by atoms with van der Waals surface area (Å²) in [6.07, 6.45) is 4.04. The molecule has 1 rings (SSSR count). The maximum absolute atomic E-state index is 12.1. The molecule has 1 saturated heterocycles. The van der Waals surface area contributed by atoms with Crippen molar-refractivity contribution in [3.8, 4) is 0 Å². The number of amides is 1. The quantitative estimate of drug-likeness (QED) is 0.687. The van der Waals surface area contributed by atoms with Crippen molar-refractivity contribution in [2.45, 2.75) is 65.0 Å². The van der Waals surface area contributed by atoms with Crippen molar-refractivity contribution in [3.63, 3.8) is 0 Å². The van der Waals surface area contributed by atoms with Gasteiger partial charge in [-0.25, -0.2) is 4.79 Å². The van der Waals surface area contributed by atoms with Gasteiger partial charge in [0.15, 0.2) is 0 Å². The summed E-state index contributed by atoms with van der Waals surface area (Å²) in [5.41, 5.74) is 0.716. The van der Waals surface area contributed by atoms with Gasteiger partial charge in [0.2, 0.25) is 0 Å². The van der Waals surface area contributed by atoms with Gasteiger partial charge in [0.05, 0.1) is 0 Å². The van der Waals surface area contributed by atoms with Gasteiger partial charge in [-0.05, 0) is 53.4 Å².